The second kappa shape index (κ2) is 5.71. The molecule has 102 valence electrons. The molecule has 1 aromatic heterocycles. The molecule has 0 unspecified atom stereocenters. The predicted molar refractivity (Wildman–Crippen MR) is 77.0 cm³/mol. The van der Waals surface area contributed by atoms with Crippen molar-refractivity contribution in [2.24, 2.45) is 0 Å². The fourth-order valence-corrected chi connectivity index (χ4v) is 1.91. The molecule has 20 heavy (non-hydrogen) atoms. The molecule has 1 heterocycles. The lowest BCUT2D eigenvalue weighted by molar-refractivity contribution is -0.114. The highest BCUT2D eigenvalue weighted by Crippen LogP contribution is 2.20. The molecule has 1 amide bonds. The fourth-order valence-electron chi connectivity index (χ4n) is 1.76. The highest BCUT2D eigenvalue weighted by molar-refractivity contribution is 6.67. The first-order chi connectivity index (χ1) is 9.47. The van der Waals surface area contributed by atoms with Crippen molar-refractivity contribution in [2.45, 2.75) is 6.92 Å². The quantitative estimate of drug-likeness (QED) is 0.852. The maximum Gasteiger partial charge on any atom is 0.260 e. The van der Waals surface area contributed by atoms with Crippen molar-refractivity contribution in [3.8, 4) is 11.3 Å². The zero-order valence-electron chi connectivity index (χ0n) is 10.6. The van der Waals surface area contributed by atoms with Crippen molar-refractivity contribution in [1.82, 2.24) is 4.98 Å². The molecule has 0 aliphatic heterocycles. The van der Waals surface area contributed by atoms with Crippen LogP contribution in [0.1, 0.15) is 17.3 Å². The Balaban J connectivity index is 2.41. The number of halogens is 1. The highest BCUT2D eigenvalue weighted by atomic mass is 35.5. The van der Waals surface area contributed by atoms with E-state index in [4.69, 9.17) is 11.6 Å². The lowest BCUT2D eigenvalue weighted by atomic mass is 10.1. The van der Waals surface area contributed by atoms with Crippen LogP contribution < -0.4 is 10.9 Å². The van der Waals surface area contributed by atoms with Crippen molar-refractivity contribution in [1.29, 1.82) is 0 Å². The van der Waals surface area contributed by atoms with E-state index in [9.17, 15) is 14.4 Å². The van der Waals surface area contributed by atoms with Gasteiger partial charge in [0.25, 0.3) is 10.8 Å². The van der Waals surface area contributed by atoms with Gasteiger partial charge in [0.1, 0.15) is 0 Å². The minimum absolute atomic E-state index is 0.103. The lowest BCUT2D eigenvalue weighted by Gasteiger charge is -2.06. The minimum Gasteiger partial charge on any atom is -0.326 e. The first-order valence-electron chi connectivity index (χ1n) is 5.78. The van der Waals surface area contributed by atoms with Crippen LogP contribution in [0.15, 0.2) is 41.2 Å². The summed E-state index contributed by atoms with van der Waals surface area (Å²) in [6.07, 6.45) is 0. The summed E-state index contributed by atoms with van der Waals surface area (Å²) in [4.78, 5) is 36.3. The summed E-state index contributed by atoms with van der Waals surface area (Å²) in [7, 11) is 0. The molecule has 1 aromatic carbocycles. The van der Waals surface area contributed by atoms with Gasteiger partial charge in [-0.15, -0.1) is 0 Å². The molecule has 2 rings (SSSR count). The van der Waals surface area contributed by atoms with E-state index >= 15 is 0 Å². The first kappa shape index (κ1) is 14.0. The van der Waals surface area contributed by atoms with Crippen LogP contribution >= 0.6 is 11.6 Å². The summed E-state index contributed by atoms with van der Waals surface area (Å²) in [5.74, 6) is -0.182. The van der Waals surface area contributed by atoms with Crippen LogP contribution in [0.5, 0.6) is 0 Å². The van der Waals surface area contributed by atoms with Gasteiger partial charge in [-0.05, 0) is 35.9 Å². The molecule has 0 saturated heterocycles. The standard InChI is InChI=1S/C14H11ClN2O3/c1-8(18)16-10-4-2-3-9(7-10)12-6-5-11(13(15)19)14(20)17-12/h2-7H,1H3,(H,16,18)(H,17,20). The summed E-state index contributed by atoms with van der Waals surface area (Å²) in [5.41, 5.74) is 1.21. The number of H-pyrrole nitrogens is 1. The van der Waals surface area contributed by atoms with Gasteiger partial charge in [0.15, 0.2) is 0 Å². The molecule has 0 aliphatic carbocycles. The van der Waals surface area contributed by atoms with Crippen LogP contribution in [-0.2, 0) is 4.79 Å². The van der Waals surface area contributed by atoms with Gasteiger partial charge in [-0.2, -0.15) is 0 Å². The molecule has 0 atom stereocenters. The Morgan fingerprint density at radius 2 is 1.95 bits per heavy atom. The van der Waals surface area contributed by atoms with Crippen molar-refractivity contribution in [3.05, 3.63) is 52.3 Å². The van der Waals surface area contributed by atoms with Crippen LogP contribution in [-0.4, -0.2) is 16.1 Å². The largest absolute Gasteiger partial charge is 0.326 e. The average Bonchev–Trinajstić information content (AvgIpc) is 2.37. The number of anilines is 1. The maximum atomic E-state index is 11.7. The van der Waals surface area contributed by atoms with E-state index in [2.05, 4.69) is 10.3 Å². The molecule has 0 bridgehead atoms. The molecule has 0 aliphatic rings. The number of rotatable bonds is 3. The molecule has 0 saturated carbocycles. The molecular weight excluding hydrogens is 280 g/mol. The molecule has 0 fully saturated rings. The summed E-state index contributed by atoms with van der Waals surface area (Å²) in [5, 5.41) is 1.85. The topological polar surface area (TPSA) is 79.0 Å². The van der Waals surface area contributed by atoms with Crippen LogP contribution in [0.25, 0.3) is 11.3 Å². The second-order valence-corrected chi connectivity index (χ2v) is 4.49. The number of benzene rings is 1. The Labute approximate surface area is 119 Å². The molecule has 6 heteroatoms. The number of carbonyl (C=O) groups is 2. The van der Waals surface area contributed by atoms with E-state index in [1.54, 1.807) is 30.3 Å². The number of aromatic nitrogens is 1. The average molecular weight is 291 g/mol. The van der Waals surface area contributed by atoms with Gasteiger partial charge < -0.3 is 10.3 Å². The summed E-state index contributed by atoms with van der Waals surface area (Å²) < 4.78 is 0. The Hall–Kier alpha value is -2.40. The molecule has 0 spiro atoms. The smallest absolute Gasteiger partial charge is 0.260 e. The van der Waals surface area contributed by atoms with Gasteiger partial charge in [-0.25, -0.2) is 0 Å². The van der Waals surface area contributed by atoms with Crippen molar-refractivity contribution in [2.75, 3.05) is 5.32 Å². The summed E-state index contributed by atoms with van der Waals surface area (Å²) in [6, 6.07) is 9.94. The third kappa shape index (κ3) is 3.13. The number of aromatic amines is 1. The molecule has 0 radical (unpaired) electrons. The van der Waals surface area contributed by atoms with E-state index in [1.165, 1.54) is 13.0 Å². The van der Waals surface area contributed by atoms with E-state index in [0.717, 1.165) is 0 Å². The van der Waals surface area contributed by atoms with Gasteiger partial charge in [-0.1, -0.05) is 12.1 Å². The molecule has 2 aromatic rings. The van der Waals surface area contributed by atoms with Crippen LogP contribution in [0.3, 0.4) is 0 Å². The SMILES string of the molecule is CC(=O)Nc1cccc(-c2ccc(C(=O)Cl)c(=O)[nH]2)c1. The Bertz CT molecular complexity index is 737. The number of pyridine rings is 1. The fraction of sp³-hybridized carbons (Fsp3) is 0.0714. The van der Waals surface area contributed by atoms with Gasteiger partial charge in [0.2, 0.25) is 5.91 Å². The van der Waals surface area contributed by atoms with Crippen molar-refractivity contribution >= 4 is 28.4 Å². The van der Waals surface area contributed by atoms with E-state index in [-0.39, 0.29) is 11.5 Å². The zero-order valence-corrected chi connectivity index (χ0v) is 11.3. The lowest BCUT2D eigenvalue weighted by Crippen LogP contribution is -2.15. The van der Waals surface area contributed by atoms with Crippen LogP contribution in [0, 0.1) is 0 Å². The number of nitrogens with one attached hydrogen (secondary N) is 2. The third-order valence-electron chi connectivity index (χ3n) is 2.62. The minimum atomic E-state index is -0.801. The van der Waals surface area contributed by atoms with Gasteiger partial charge >= 0.3 is 0 Å². The van der Waals surface area contributed by atoms with Gasteiger partial charge in [0.05, 0.1) is 5.56 Å². The number of carbonyl (C=O) groups excluding carboxylic acids is 2. The summed E-state index contributed by atoms with van der Waals surface area (Å²) >= 11 is 5.28. The van der Waals surface area contributed by atoms with E-state index in [0.29, 0.717) is 16.9 Å². The Morgan fingerprint density at radius 1 is 1.20 bits per heavy atom. The van der Waals surface area contributed by atoms with Gasteiger partial charge in [-0.3, -0.25) is 14.4 Å². The normalized spacial score (nSPS) is 10.1. The summed E-state index contributed by atoms with van der Waals surface area (Å²) in [6.45, 7) is 1.41. The maximum absolute atomic E-state index is 11.7. The highest BCUT2D eigenvalue weighted by Gasteiger charge is 2.09. The predicted octanol–water partition coefficient (Wildman–Crippen LogP) is 2.38. The molecular formula is C14H11ClN2O3. The Kier molecular flexibility index (Phi) is 4.00. The van der Waals surface area contributed by atoms with E-state index in [1.807, 2.05) is 0 Å². The molecule has 2 N–H and O–H groups in total. The zero-order chi connectivity index (χ0) is 14.7. The van der Waals surface area contributed by atoms with Crippen LogP contribution in [0.2, 0.25) is 0 Å². The monoisotopic (exact) mass is 290 g/mol. The van der Waals surface area contributed by atoms with Crippen molar-refractivity contribution < 1.29 is 9.59 Å². The first-order valence-corrected chi connectivity index (χ1v) is 6.16. The number of hydrogen-bond acceptors (Lipinski definition) is 3. The number of hydrogen-bond donors (Lipinski definition) is 2. The second-order valence-electron chi connectivity index (χ2n) is 4.15. The van der Waals surface area contributed by atoms with Crippen LogP contribution in [0.4, 0.5) is 5.69 Å². The van der Waals surface area contributed by atoms with E-state index < -0.39 is 10.8 Å². The molecule has 5 nitrogen and oxygen atoms in total. The van der Waals surface area contributed by atoms with Gasteiger partial charge in [0, 0.05) is 23.9 Å². The Morgan fingerprint density at radius 3 is 2.55 bits per heavy atom. The number of amides is 1. The third-order valence-corrected chi connectivity index (χ3v) is 2.82. The van der Waals surface area contributed by atoms with Crippen molar-refractivity contribution in [3.63, 3.8) is 0 Å².